The van der Waals surface area contributed by atoms with Gasteiger partial charge in [-0.25, -0.2) is 0 Å². The number of carbonyl (C=O) groups excluding carboxylic acids is 1. The third-order valence-corrected chi connectivity index (χ3v) is 2.02. The van der Waals surface area contributed by atoms with E-state index in [-0.39, 0.29) is 5.78 Å². The van der Waals surface area contributed by atoms with Crippen molar-refractivity contribution in [2.45, 2.75) is 6.92 Å². The molecule has 0 aromatic heterocycles. The molecule has 0 saturated carbocycles. The number of Topliss-reactive ketones (excluding diaryl/α,β-unsaturated/α-hetero) is 1. The quantitative estimate of drug-likeness (QED) is 0.705. The van der Waals surface area contributed by atoms with Gasteiger partial charge in [0.15, 0.2) is 5.78 Å². The van der Waals surface area contributed by atoms with Gasteiger partial charge in [0.05, 0.1) is 14.2 Å². The Bertz CT molecular complexity index is 407. The molecule has 15 heavy (non-hydrogen) atoms. The Morgan fingerprint density at radius 3 is 2.00 bits per heavy atom. The first-order chi connectivity index (χ1) is 7.13. The summed E-state index contributed by atoms with van der Waals surface area (Å²) in [5, 5.41) is 8.90. The molecule has 0 unspecified atom stereocenters. The highest BCUT2D eigenvalue weighted by molar-refractivity contribution is 5.95. The molecule has 0 bridgehead atoms. The summed E-state index contributed by atoms with van der Waals surface area (Å²) < 4.78 is 10.0. The predicted octanol–water partition coefficient (Wildman–Crippen LogP) is 1.78. The van der Waals surface area contributed by atoms with Gasteiger partial charge in [0.1, 0.15) is 23.1 Å². The lowest BCUT2D eigenvalue weighted by molar-refractivity contribution is 0.101. The van der Waals surface area contributed by atoms with Gasteiger partial charge in [-0.05, 0) is 19.1 Å². The van der Waals surface area contributed by atoms with Crippen LogP contribution in [0.15, 0.2) is 12.1 Å². The maximum Gasteiger partial charge on any atom is 0.160 e. The van der Waals surface area contributed by atoms with Crippen LogP contribution in [0.5, 0.6) is 11.5 Å². The van der Waals surface area contributed by atoms with Crippen LogP contribution in [-0.4, -0.2) is 20.0 Å². The Morgan fingerprint density at radius 1 is 1.27 bits per heavy atom. The van der Waals surface area contributed by atoms with Gasteiger partial charge in [0, 0.05) is 5.56 Å². The summed E-state index contributed by atoms with van der Waals surface area (Å²) in [5.41, 5.74) is 0.757. The smallest absolute Gasteiger partial charge is 0.160 e. The van der Waals surface area contributed by atoms with Crippen molar-refractivity contribution in [3.05, 3.63) is 23.3 Å². The van der Waals surface area contributed by atoms with E-state index in [0.717, 1.165) is 0 Å². The first-order valence-electron chi connectivity index (χ1n) is 4.31. The minimum Gasteiger partial charge on any atom is -0.495 e. The highest BCUT2D eigenvalue weighted by atomic mass is 16.5. The zero-order chi connectivity index (χ0) is 11.4. The first kappa shape index (κ1) is 11.1. The fourth-order valence-corrected chi connectivity index (χ4v) is 1.23. The van der Waals surface area contributed by atoms with E-state index in [2.05, 4.69) is 0 Å². The van der Waals surface area contributed by atoms with E-state index in [9.17, 15) is 4.79 Å². The molecule has 0 atom stereocenters. The van der Waals surface area contributed by atoms with Crippen LogP contribution >= 0.6 is 0 Å². The normalized spacial score (nSPS) is 9.20. The molecule has 4 heteroatoms. The summed E-state index contributed by atoms with van der Waals surface area (Å²) in [4.78, 5) is 11.2. The average molecular weight is 205 g/mol. The Labute approximate surface area is 88.0 Å². The topological polar surface area (TPSA) is 59.3 Å². The highest BCUT2D eigenvalue weighted by Gasteiger charge is 2.13. The molecule has 78 valence electrons. The lowest BCUT2D eigenvalue weighted by Gasteiger charge is -2.09. The second-order valence-corrected chi connectivity index (χ2v) is 2.92. The third kappa shape index (κ3) is 2.08. The largest absolute Gasteiger partial charge is 0.495 e. The second-order valence-electron chi connectivity index (χ2n) is 2.92. The number of ketones is 1. The van der Waals surface area contributed by atoms with Gasteiger partial charge in [-0.1, -0.05) is 0 Å². The summed E-state index contributed by atoms with van der Waals surface area (Å²) in [6.07, 6.45) is 0. The molecule has 1 aromatic carbocycles. The van der Waals surface area contributed by atoms with Crippen LogP contribution in [0.1, 0.15) is 22.8 Å². The van der Waals surface area contributed by atoms with Gasteiger partial charge in [-0.3, -0.25) is 4.79 Å². The summed E-state index contributed by atoms with van der Waals surface area (Å²) in [7, 11) is 2.89. The van der Waals surface area contributed by atoms with Crippen LogP contribution < -0.4 is 9.47 Å². The Morgan fingerprint density at radius 2 is 1.73 bits per heavy atom. The van der Waals surface area contributed by atoms with E-state index in [1.807, 2.05) is 6.07 Å². The van der Waals surface area contributed by atoms with Crippen LogP contribution in [0, 0.1) is 11.3 Å². The SMILES string of the molecule is COc1cc(C(C)=O)cc(OC)c1C#N. The van der Waals surface area contributed by atoms with Crippen LogP contribution in [0.25, 0.3) is 0 Å². The molecule has 0 aliphatic carbocycles. The van der Waals surface area contributed by atoms with E-state index in [4.69, 9.17) is 14.7 Å². The van der Waals surface area contributed by atoms with Crippen molar-refractivity contribution >= 4 is 5.78 Å². The lowest BCUT2D eigenvalue weighted by atomic mass is 10.1. The molecular weight excluding hydrogens is 194 g/mol. The van der Waals surface area contributed by atoms with E-state index in [0.29, 0.717) is 22.6 Å². The van der Waals surface area contributed by atoms with Crippen LogP contribution in [0.2, 0.25) is 0 Å². The molecule has 0 radical (unpaired) electrons. The lowest BCUT2D eigenvalue weighted by Crippen LogP contribution is -1.99. The molecule has 0 spiro atoms. The van der Waals surface area contributed by atoms with Crippen LogP contribution in [0.4, 0.5) is 0 Å². The fourth-order valence-electron chi connectivity index (χ4n) is 1.23. The highest BCUT2D eigenvalue weighted by Crippen LogP contribution is 2.29. The first-order valence-corrected chi connectivity index (χ1v) is 4.31. The number of rotatable bonds is 3. The van der Waals surface area contributed by atoms with Crippen molar-refractivity contribution < 1.29 is 14.3 Å². The number of hydrogen-bond donors (Lipinski definition) is 0. The average Bonchev–Trinajstić information content (AvgIpc) is 2.26. The zero-order valence-electron chi connectivity index (χ0n) is 8.83. The summed E-state index contributed by atoms with van der Waals surface area (Å²) in [5.74, 6) is 0.597. The molecule has 0 saturated heterocycles. The number of methoxy groups -OCH3 is 2. The summed E-state index contributed by atoms with van der Waals surface area (Å²) in [6.45, 7) is 1.44. The molecule has 1 rings (SSSR count). The van der Waals surface area contributed by atoms with Gasteiger partial charge < -0.3 is 9.47 Å². The fraction of sp³-hybridized carbons (Fsp3) is 0.273. The van der Waals surface area contributed by atoms with E-state index in [1.54, 1.807) is 0 Å². The standard InChI is InChI=1S/C11H11NO3/c1-7(13)8-4-10(14-2)9(6-12)11(5-8)15-3/h4-5H,1-3H3. The summed E-state index contributed by atoms with van der Waals surface area (Å²) in [6, 6.07) is 5.03. The zero-order valence-corrected chi connectivity index (χ0v) is 8.83. The van der Waals surface area contributed by atoms with Gasteiger partial charge >= 0.3 is 0 Å². The molecule has 0 N–H and O–H groups in total. The van der Waals surface area contributed by atoms with Crippen molar-refractivity contribution in [3.8, 4) is 17.6 Å². The predicted molar refractivity (Wildman–Crippen MR) is 54.3 cm³/mol. The van der Waals surface area contributed by atoms with Crippen molar-refractivity contribution in [1.29, 1.82) is 5.26 Å². The molecular formula is C11H11NO3. The molecule has 0 heterocycles. The molecule has 0 aliphatic heterocycles. The third-order valence-electron chi connectivity index (χ3n) is 2.02. The maximum atomic E-state index is 11.2. The molecule has 4 nitrogen and oxygen atoms in total. The molecule has 0 amide bonds. The number of ether oxygens (including phenoxy) is 2. The number of nitriles is 1. The monoisotopic (exact) mass is 205 g/mol. The Kier molecular flexibility index (Phi) is 3.29. The van der Waals surface area contributed by atoms with Crippen LogP contribution in [-0.2, 0) is 0 Å². The molecule has 0 fully saturated rings. The van der Waals surface area contributed by atoms with E-state index < -0.39 is 0 Å². The Hall–Kier alpha value is -2.02. The van der Waals surface area contributed by atoms with Gasteiger partial charge in [0.25, 0.3) is 0 Å². The van der Waals surface area contributed by atoms with Crippen molar-refractivity contribution in [3.63, 3.8) is 0 Å². The summed E-state index contributed by atoms with van der Waals surface area (Å²) >= 11 is 0. The number of benzene rings is 1. The number of carbonyl (C=O) groups is 1. The maximum absolute atomic E-state index is 11.2. The molecule has 0 aliphatic rings. The van der Waals surface area contributed by atoms with Gasteiger partial charge in [-0.15, -0.1) is 0 Å². The van der Waals surface area contributed by atoms with Crippen molar-refractivity contribution in [2.24, 2.45) is 0 Å². The minimum absolute atomic E-state index is 0.101. The van der Waals surface area contributed by atoms with E-state index in [1.165, 1.54) is 33.3 Å². The van der Waals surface area contributed by atoms with Gasteiger partial charge in [-0.2, -0.15) is 5.26 Å². The minimum atomic E-state index is -0.101. The van der Waals surface area contributed by atoms with Crippen molar-refractivity contribution in [1.82, 2.24) is 0 Å². The molecule has 1 aromatic rings. The van der Waals surface area contributed by atoms with Crippen molar-refractivity contribution in [2.75, 3.05) is 14.2 Å². The number of nitrogens with zero attached hydrogens (tertiary/aromatic N) is 1. The van der Waals surface area contributed by atoms with E-state index >= 15 is 0 Å². The second kappa shape index (κ2) is 4.47. The Balaban J connectivity index is 3.44. The van der Waals surface area contributed by atoms with Gasteiger partial charge in [0.2, 0.25) is 0 Å². The van der Waals surface area contributed by atoms with Crippen LogP contribution in [0.3, 0.4) is 0 Å². The number of hydrogen-bond acceptors (Lipinski definition) is 4.